The Bertz CT molecular complexity index is 672. The van der Waals surface area contributed by atoms with Crippen molar-refractivity contribution < 1.29 is 9.53 Å². The molecule has 1 aromatic heterocycles. The Morgan fingerprint density at radius 3 is 2.71 bits per heavy atom. The molecule has 0 spiro atoms. The monoisotopic (exact) mass is 326 g/mol. The lowest BCUT2D eigenvalue weighted by molar-refractivity contribution is -0.117. The summed E-state index contributed by atoms with van der Waals surface area (Å²) in [6.07, 6.45) is 2.22. The van der Waals surface area contributed by atoms with Crippen molar-refractivity contribution in [1.29, 1.82) is 0 Å². The lowest BCUT2D eigenvalue weighted by Gasteiger charge is -2.27. The van der Waals surface area contributed by atoms with Gasteiger partial charge >= 0.3 is 0 Å². The number of rotatable bonds is 5. The van der Waals surface area contributed by atoms with Gasteiger partial charge in [-0.1, -0.05) is 37.3 Å². The molecule has 0 aliphatic carbocycles. The maximum absolute atomic E-state index is 12.6. The number of carbonyl (C=O) groups excluding carboxylic acids is 1. The lowest BCUT2D eigenvalue weighted by atomic mass is 9.96. The second-order valence-electron chi connectivity index (χ2n) is 5.72. The van der Waals surface area contributed by atoms with Crippen molar-refractivity contribution >= 4 is 17.5 Å². The summed E-state index contributed by atoms with van der Waals surface area (Å²) in [5.74, 6) is 1.12. The van der Waals surface area contributed by atoms with Crippen LogP contribution in [0.3, 0.4) is 0 Å². The summed E-state index contributed by atoms with van der Waals surface area (Å²) in [5, 5.41) is 2.92. The van der Waals surface area contributed by atoms with Gasteiger partial charge in [-0.25, -0.2) is 9.97 Å². The highest BCUT2D eigenvalue weighted by molar-refractivity contribution is 5.95. The standard InChI is InChI=1S/C18H22N4O2/c1-2-15(14-6-4-3-5-7-14)18(23)21-16-12-17(20-13-19-16)22-8-10-24-11-9-22/h3-7,12-13,15H,2,8-11H2,1H3,(H,19,20,21,23). The van der Waals surface area contributed by atoms with Gasteiger partial charge < -0.3 is 15.0 Å². The molecule has 1 amide bonds. The normalized spacial score (nSPS) is 15.8. The quantitative estimate of drug-likeness (QED) is 0.914. The van der Waals surface area contributed by atoms with E-state index in [-0.39, 0.29) is 11.8 Å². The summed E-state index contributed by atoms with van der Waals surface area (Å²) in [5.41, 5.74) is 1.01. The topological polar surface area (TPSA) is 67.4 Å². The number of carbonyl (C=O) groups is 1. The fourth-order valence-corrected chi connectivity index (χ4v) is 2.85. The Hall–Kier alpha value is -2.47. The molecule has 2 aromatic rings. The number of amides is 1. The molecular formula is C18H22N4O2. The number of nitrogens with zero attached hydrogens (tertiary/aromatic N) is 3. The molecule has 1 N–H and O–H groups in total. The highest BCUT2D eigenvalue weighted by Gasteiger charge is 2.20. The van der Waals surface area contributed by atoms with E-state index in [2.05, 4.69) is 20.2 Å². The van der Waals surface area contributed by atoms with Gasteiger partial charge in [0.2, 0.25) is 5.91 Å². The first kappa shape index (κ1) is 16.4. The summed E-state index contributed by atoms with van der Waals surface area (Å²) in [6, 6.07) is 11.6. The van der Waals surface area contributed by atoms with Crippen molar-refractivity contribution in [3.8, 4) is 0 Å². The minimum atomic E-state index is -0.187. The third-order valence-electron chi connectivity index (χ3n) is 4.17. The van der Waals surface area contributed by atoms with Gasteiger partial charge in [-0.3, -0.25) is 4.79 Å². The van der Waals surface area contributed by atoms with Crippen molar-refractivity contribution in [1.82, 2.24) is 9.97 Å². The lowest BCUT2D eigenvalue weighted by Crippen LogP contribution is -2.36. The van der Waals surface area contributed by atoms with Crippen LogP contribution in [0.2, 0.25) is 0 Å². The molecule has 126 valence electrons. The molecular weight excluding hydrogens is 304 g/mol. The zero-order valence-corrected chi connectivity index (χ0v) is 13.8. The fourth-order valence-electron chi connectivity index (χ4n) is 2.85. The summed E-state index contributed by atoms with van der Waals surface area (Å²) in [4.78, 5) is 23.2. The predicted molar refractivity (Wildman–Crippen MR) is 93.2 cm³/mol. The predicted octanol–water partition coefficient (Wildman–Crippen LogP) is 2.45. The molecule has 3 rings (SSSR count). The summed E-state index contributed by atoms with van der Waals surface area (Å²) in [6.45, 7) is 4.99. The van der Waals surface area contributed by atoms with Gasteiger partial charge in [-0.2, -0.15) is 0 Å². The Balaban J connectivity index is 1.71. The van der Waals surface area contributed by atoms with E-state index in [0.29, 0.717) is 19.0 Å². The highest BCUT2D eigenvalue weighted by Crippen LogP contribution is 2.22. The van der Waals surface area contributed by atoms with Gasteiger partial charge in [0.25, 0.3) is 0 Å². The minimum Gasteiger partial charge on any atom is -0.378 e. The van der Waals surface area contributed by atoms with Gasteiger partial charge in [0.15, 0.2) is 0 Å². The maximum atomic E-state index is 12.6. The van der Waals surface area contributed by atoms with Crippen LogP contribution in [0.4, 0.5) is 11.6 Å². The second-order valence-corrected chi connectivity index (χ2v) is 5.72. The molecule has 0 bridgehead atoms. The molecule has 6 nitrogen and oxygen atoms in total. The molecule has 2 heterocycles. The summed E-state index contributed by atoms with van der Waals surface area (Å²) >= 11 is 0. The van der Waals surface area contributed by atoms with Crippen LogP contribution in [0.15, 0.2) is 42.7 Å². The summed E-state index contributed by atoms with van der Waals surface area (Å²) < 4.78 is 5.36. The van der Waals surface area contributed by atoms with Gasteiger partial charge in [-0.15, -0.1) is 0 Å². The maximum Gasteiger partial charge on any atom is 0.233 e. The van der Waals surface area contributed by atoms with E-state index >= 15 is 0 Å². The molecule has 1 aliphatic rings. The van der Waals surface area contributed by atoms with Crippen molar-refractivity contribution in [3.63, 3.8) is 0 Å². The number of anilines is 2. The molecule has 1 aliphatic heterocycles. The van der Waals surface area contributed by atoms with Gasteiger partial charge in [0.1, 0.15) is 18.0 Å². The average molecular weight is 326 g/mol. The third-order valence-corrected chi connectivity index (χ3v) is 4.17. The van der Waals surface area contributed by atoms with Gasteiger partial charge in [-0.05, 0) is 12.0 Å². The fraction of sp³-hybridized carbons (Fsp3) is 0.389. The largest absolute Gasteiger partial charge is 0.378 e. The Morgan fingerprint density at radius 2 is 2.00 bits per heavy atom. The van der Waals surface area contributed by atoms with E-state index in [0.717, 1.165) is 30.9 Å². The van der Waals surface area contributed by atoms with Crippen LogP contribution in [0.1, 0.15) is 24.8 Å². The van der Waals surface area contributed by atoms with Crippen molar-refractivity contribution in [3.05, 3.63) is 48.3 Å². The zero-order valence-electron chi connectivity index (χ0n) is 13.8. The number of ether oxygens (including phenoxy) is 1. The van der Waals surface area contributed by atoms with E-state index in [1.54, 1.807) is 0 Å². The van der Waals surface area contributed by atoms with E-state index in [4.69, 9.17) is 4.74 Å². The average Bonchev–Trinajstić information content (AvgIpc) is 2.64. The van der Waals surface area contributed by atoms with E-state index in [1.165, 1.54) is 6.33 Å². The zero-order chi connectivity index (χ0) is 16.8. The van der Waals surface area contributed by atoms with Crippen LogP contribution in [-0.2, 0) is 9.53 Å². The van der Waals surface area contributed by atoms with E-state index < -0.39 is 0 Å². The molecule has 1 aromatic carbocycles. The number of hydrogen-bond donors (Lipinski definition) is 1. The number of aromatic nitrogens is 2. The Morgan fingerprint density at radius 1 is 1.25 bits per heavy atom. The second kappa shape index (κ2) is 7.88. The first-order chi connectivity index (χ1) is 11.8. The van der Waals surface area contributed by atoms with Crippen LogP contribution in [-0.4, -0.2) is 42.2 Å². The first-order valence-corrected chi connectivity index (χ1v) is 8.28. The summed E-state index contributed by atoms with van der Waals surface area (Å²) in [7, 11) is 0. The molecule has 0 saturated carbocycles. The molecule has 24 heavy (non-hydrogen) atoms. The molecule has 1 saturated heterocycles. The SMILES string of the molecule is CCC(C(=O)Nc1cc(N2CCOCC2)ncn1)c1ccccc1. The molecule has 1 atom stereocenters. The minimum absolute atomic E-state index is 0.0460. The van der Waals surface area contributed by atoms with Crippen LogP contribution < -0.4 is 10.2 Å². The Kier molecular flexibility index (Phi) is 5.38. The van der Waals surface area contributed by atoms with Gasteiger partial charge in [0, 0.05) is 19.2 Å². The van der Waals surface area contributed by atoms with Crippen molar-refractivity contribution in [2.24, 2.45) is 0 Å². The van der Waals surface area contributed by atoms with Crippen molar-refractivity contribution in [2.45, 2.75) is 19.3 Å². The van der Waals surface area contributed by atoms with Crippen molar-refractivity contribution in [2.75, 3.05) is 36.5 Å². The molecule has 1 fully saturated rings. The van der Waals surface area contributed by atoms with Crippen LogP contribution in [0.25, 0.3) is 0 Å². The number of nitrogens with one attached hydrogen (secondary N) is 1. The highest BCUT2D eigenvalue weighted by atomic mass is 16.5. The van der Waals surface area contributed by atoms with Crippen LogP contribution in [0, 0.1) is 0 Å². The van der Waals surface area contributed by atoms with Crippen LogP contribution in [0.5, 0.6) is 0 Å². The van der Waals surface area contributed by atoms with E-state index in [9.17, 15) is 4.79 Å². The number of hydrogen-bond acceptors (Lipinski definition) is 5. The number of benzene rings is 1. The van der Waals surface area contributed by atoms with Crippen LogP contribution >= 0.6 is 0 Å². The third kappa shape index (κ3) is 3.89. The first-order valence-electron chi connectivity index (χ1n) is 8.28. The molecule has 0 radical (unpaired) electrons. The Labute approximate surface area is 141 Å². The van der Waals surface area contributed by atoms with E-state index in [1.807, 2.05) is 43.3 Å². The number of morpholine rings is 1. The molecule has 1 unspecified atom stereocenters. The molecule has 6 heteroatoms. The van der Waals surface area contributed by atoms with Gasteiger partial charge in [0.05, 0.1) is 19.1 Å². The smallest absolute Gasteiger partial charge is 0.233 e.